The van der Waals surface area contributed by atoms with Gasteiger partial charge >= 0.3 is 0 Å². The van der Waals surface area contributed by atoms with Gasteiger partial charge in [-0.05, 0) is 48.7 Å². The summed E-state index contributed by atoms with van der Waals surface area (Å²) in [6, 6.07) is 14.4. The summed E-state index contributed by atoms with van der Waals surface area (Å²) in [6.45, 7) is 5.21. The van der Waals surface area contributed by atoms with E-state index in [1.165, 1.54) is 16.5 Å². The van der Waals surface area contributed by atoms with Crippen LogP contribution in [-0.2, 0) is 6.54 Å². The number of nitrogens with zero attached hydrogens (tertiary/aromatic N) is 1. The zero-order chi connectivity index (χ0) is 15.8. The number of hydrogen-bond acceptors (Lipinski definition) is 4. The van der Waals surface area contributed by atoms with Crippen molar-refractivity contribution < 1.29 is 9.47 Å². The van der Waals surface area contributed by atoms with E-state index in [1.807, 2.05) is 18.2 Å². The summed E-state index contributed by atoms with van der Waals surface area (Å²) in [5.74, 6) is 2.51. The molecular formula is C19H18N2O2. The molecule has 4 nitrogen and oxygen atoms in total. The van der Waals surface area contributed by atoms with Crippen LogP contribution in [0.4, 0.5) is 5.82 Å². The van der Waals surface area contributed by atoms with Crippen LogP contribution in [0.5, 0.6) is 11.5 Å². The van der Waals surface area contributed by atoms with Gasteiger partial charge in [0, 0.05) is 11.9 Å². The van der Waals surface area contributed by atoms with E-state index in [4.69, 9.17) is 14.5 Å². The van der Waals surface area contributed by atoms with E-state index in [-0.39, 0.29) is 0 Å². The third-order valence-electron chi connectivity index (χ3n) is 4.16. The molecule has 3 aromatic rings. The molecule has 0 bridgehead atoms. The molecule has 0 atom stereocenters. The highest BCUT2D eigenvalue weighted by Crippen LogP contribution is 2.32. The van der Waals surface area contributed by atoms with E-state index in [0.717, 1.165) is 28.4 Å². The zero-order valence-electron chi connectivity index (χ0n) is 13.2. The molecule has 0 aliphatic carbocycles. The lowest BCUT2D eigenvalue weighted by atomic mass is 10.1. The van der Waals surface area contributed by atoms with Crippen molar-refractivity contribution in [2.45, 2.75) is 20.4 Å². The minimum Gasteiger partial charge on any atom is -0.454 e. The first kappa shape index (κ1) is 13.9. The number of aryl methyl sites for hydroxylation is 2. The zero-order valence-corrected chi connectivity index (χ0v) is 13.2. The number of anilines is 1. The maximum Gasteiger partial charge on any atom is 0.231 e. The number of ether oxygens (including phenoxy) is 2. The molecule has 1 aliphatic rings. The Balaban J connectivity index is 1.59. The predicted octanol–water partition coefficient (Wildman–Crippen LogP) is 4.19. The monoisotopic (exact) mass is 306 g/mol. The summed E-state index contributed by atoms with van der Waals surface area (Å²) < 4.78 is 10.8. The second-order valence-corrected chi connectivity index (χ2v) is 5.84. The van der Waals surface area contributed by atoms with Crippen molar-refractivity contribution in [3.8, 4) is 11.5 Å². The Bertz CT molecular complexity index is 890. The number of aromatic nitrogens is 1. The van der Waals surface area contributed by atoms with Gasteiger partial charge in [0.1, 0.15) is 5.82 Å². The van der Waals surface area contributed by atoms with Gasteiger partial charge in [-0.3, -0.25) is 0 Å². The summed E-state index contributed by atoms with van der Waals surface area (Å²) in [5.41, 5.74) is 4.61. The summed E-state index contributed by atoms with van der Waals surface area (Å²) in [5, 5.41) is 4.61. The number of pyridine rings is 1. The molecule has 0 saturated heterocycles. The first-order chi connectivity index (χ1) is 11.2. The fourth-order valence-corrected chi connectivity index (χ4v) is 2.90. The molecule has 0 saturated carbocycles. The molecule has 1 aromatic heterocycles. The largest absolute Gasteiger partial charge is 0.454 e. The molecule has 2 aromatic carbocycles. The number of fused-ring (bicyclic) bond motifs is 2. The van der Waals surface area contributed by atoms with Gasteiger partial charge in [0.2, 0.25) is 6.79 Å². The molecule has 1 aliphatic heterocycles. The van der Waals surface area contributed by atoms with Crippen LogP contribution in [0.1, 0.15) is 16.7 Å². The van der Waals surface area contributed by atoms with Crippen molar-refractivity contribution >= 4 is 16.7 Å². The van der Waals surface area contributed by atoms with Crippen LogP contribution < -0.4 is 14.8 Å². The van der Waals surface area contributed by atoms with Crippen LogP contribution in [-0.4, -0.2) is 11.8 Å². The first-order valence-electron chi connectivity index (χ1n) is 7.70. The van der Waals surface area contributed by atoms with Crippen molar-refractivity contribution in [3.05, 3.63) is 59.2 Å². The van der Waals surface area contributed by atoms with E-state index < -0.39 is 0 Å². The molecule has 23 heavy (non-hydrogen) atoms. The van der Waals surface area contributed by atoms with Crippen LogP contribution in [0.3, 0.4) is 0 Å². The van der Waals surface area contributed by atoms with Gasteiger partial charge < -0.3 is 14.8 Å². The average Bonchev–Trinajstić information content (AvgIpc) is 3.01. The number of para-hydroxylation sites is 1. The molecule has 1 N–H and O–H groups in total. The number of hydrogen-bond donors (Lipinski definition) is 1. The van der Waals surface area contributed by atoms with Gasteiger partial charge in [-0.2, -0.15) is 0 Å². The number of benzene rings is 2. The van der Waals surface area contributed by atoms with Crippen LogP contribution in [0.25, 0.3) is 10.9 Å². The lowest BCUT2D eigenvalue weighted by molar-refractivity contribution is 0.174. The van der Waals surface area contributed by atoms with Gasteiger partial charge in [0.15, 0.2) is 11.5 Å². The Hall–Kier alpha value is -2.75. The average molecular weight is 306 g/mol. The lowest BCUT2D eigenvalue weighted by Crippen LogP contribution is -2.02. The summed E-state index contributed by atoms with van der Waals surface area (Å²) in [7, 11) is 0. The standard InChI is InChI=1S/C19H18N2O2/c1-12-4-3-5-15-13(2)8-18(21-19(12)15)20-10-14-6-7-16-17(9-14)23-11-22-16/h3-9H,10-11H2,1-2H3,(H,20,21). The second kappa shape index (κ2) is 5.47. The van der Waals surface area contributed by atoms with Crippen molar-refractivity contribution in [1.82, 2.24) is 4.98 Å². The van der Waals surface area contributed by atoms with E-state index in [2.05, 4.69) is 43.4 Å². The Morgan fingerprint density at radius 1 is 1.00 bits per heavy atom. The lowest BCUT2D eigenvalue weighted by Gasteiger charge is -2.11. The predicted molar refractivity (Wildman–Crippen MR) is 91.1 cm³/mol. The third-order valence-corrected chi connectivity index (χ3v) is 4.16. The van der Waals surface area contributed by atoms with Gasteiger partial charge in [-0.1, -0.05) is 24.3 Å². The van der Waals surface area contributed by atoms with E-state index in [0.29, 0.717) is 13.3 Å². The molecule has 4 heteroatoms. The molecule has 0 amide bonds. The number of nitrogens with one attached hydrogen (secondary N) is 1. The van der Waals surface area contributed by atoms with Crippen molar-refractivity contribution in [2.75, 3.05) is 12.1 Å². The van der Waals surface area contributed by atoms with Crippen molar-refractivity contribution in [1.29, 1.82) is 0 Å². The maximum absolute atomic E-state index is 5.42. The summed E-state index contributed by atoms with van der Waals surface area (Å²) >= 11 is 0. The van der Waals surface area contributed by atoms with Gasteiger partial charge in [0.25, 0.3) is 0 Å². The fraction of sp³-hybridized carbons (Fsp3) is 0.211. The summed E-state index contributed by atoms with van der Waals surface area (Å²) in [4.78, 5) is 4.76. The second-order valence-electron chi connectivity index (χ2n) is 5.84. The summed E-state index contributed by atoms with van der Waals surface area (Å²) in [6.07, 6.45) is 0. The third kappa shape index (κ3) is 2.57. The van der Waals surface area contributed by atoms with Crippen LogP contribution in [0, 0.1) is 13.8 Å². The van der Waals surface area contributed by atoms with Crippen molar-refractivity contribution in [2.24, 2.45) is 0 Å². The van der Waals surface area contributed by atoms with Gasteiger partial charge in [-0.25, -0.2) is 4.98 Å². The highest BCUT2D eigenvalue weighted by molar-refractivity contribution is 5.86. The molecule has 0 spiro atoms. The minimum absolute atomic E-state index is 0.302. The minimum atomic E-state index is 0.302. The maximum atomic E-state index is 5.42. The Morgan fingerprint density at radius 3 is 2.78 bits per heavy atom. The number of rotatable bonds is 3. The molecule has 2 heterocycles. The Morgan fingerprint density at radius 2 is 1.87 bits per heavy atom. The highest BCUT2D eigenvalue weighted by Gasteiger charge is 2.13. The molecule has 116 valence electrons. The van der Waals surface area contributed by atoms with Gasteiger partial charge in [0.05, 0.1) is 5.52 Å². The SMILES string of the molecule is Cc1cc(NCc2ccc3c(c2)OCO3)nc2c(C)cccc12. The smallest absolute Gasteiger partial charge is 0.231 e. The van der Waals surface area contributed by atoms with E-state index >= 15 is 0 Å². The molecular weight excluding hydrogens is 288 g/mol. The molecule has 0 unspecified atom stereocenters. The molecule has 0 radical (unpaired) electrons. The topological polar surface area (TPSA) is 43.4 Å². The fourth-order valence-electron chi connectivity index (χ4n) is 2.90. The molecule has 4 rings (SSSR count). The first-order valence-corrected chi connectivity index (χ1v) is 7.70. The molecule has 0 fully saturated rings. The van der Waals surface area contributed by atoms with Gasteiger partial charge in [-0.15, -0.1) is 0 Å². The highest BCUT2D eigenvalue weighted by atomic mass is 16.7. The Labute approximate surface area is 135 Å². The normalized spacial score (nSPS) is 12.6. The quantitative estimate of drug-likeness (QED) is 0.788. The van der Waals surface area contributed by atoms with E-state index in [9.17, 15) is 0 Å². The van der Waals surface area contributed by atoms with Crippen molar-refractivity contribution in [3.63, 3.8) is 0 Å². The Kier molecular flexibility index (Phi) is 3.30. The van der Waals surface area contributed by atoms with E-state index in [1.54, 1.807) is 0 Å². The van der Waals surface area contributed by atoms with Crippen LogP contribution >= 0.6 is 0 Å². The van der Waals surface area contributed by atoms with Crippen LogP contribution in [0.15, 0.2) is 42.5 Å². The van der Waals surface area contributed by atoms with Crippen LogP contribution in [0.2, 0.25) is 0 Å².